The molecule has 0 saturated carbocycles. The Balaban J connectivity index is 0. The number of rotatable bonds is 0. The zero-order valence-electron chi connectivity index (χ0n) is 4.19. The Labute approximate surface area is 128 Å². The van der Waals surface area contributed by atoms with Crippen molar-refractivity contribution < 1.29 is 82.8 Å². The average Bonchev–Trinajstić information content (AvgIpc) is 0. The van der Waals surface area contributed by atoms with Gasteiger partial charge in [-0.25, -0.2) is 0 Å². The van der Waals surface area contributed by atoms with E-state index < -0.39 is 0 Å². The van der Waals surface area contributed by atoms with Crippen LogP contribution in [0.25, 0.3) is 0 Å². The molecular formula is H2BaWYZr. The Morgan fingerprint density at radius 3 is 1.25 bits per heavy atom. The van der Waals surface area contributed by atoms with Crippen molar-refractivity contribution in [2.24, 2.45) is 0 Å². The van der Waals surface area contributed by atoms with Crippen molar-refractivity contribution in [3.05, 3.63) is 0 Å². The first-order valence-corrected chi connectivity index (χ1v) is 0. The van der Waals surface area contributed by atoms with Gasteiger partial charge in [0.15, 0.2) is 0 Å². The second-order valence-electron chi connectivity index (χ2n) is 0. The van der Waals surface area contributed by atoms with Gasteiger partial charge < -0.3 is 2.85 Å². The first-order chi connectivity index (χ1) is 0. The van der Waals surface area contributed by atoms with Gasteiger partial charge in [0.25, 0.3) is 0 Å². The van der Waals surface area contributed by atoms with Gasteiger partial charge in [0.05, 0.1) is 0 Å². The molecule has 4 heteroatoms. The van der Waals surface area contributed by atoms with Crippen molar-refractivity contribution in [3.63, 3.8) is 0 Å². The molecule has 0 fully saturated rings. The van der Waals surface area contributed by atoms with Gasteiger partial charge in [-0.05, 0) is 0 Å². The van der Waals surface area contributed by atoms with E-state index in [0.29, 0.717) is 0 Å². The Kier molecular flexibility index (Phi) is 94.1. The second-order valence-corrected chi connectivity index (χ2v) is 0. The van der Waals surface area contributed by atoms with Crippen LogP contribution >= 0.6 is 0 Å². The second kappa shape index (κ2) is 15.7. The molecule has 0 nitrogen and oxygen atoms in total. The van der Waals surface area contributed by atoms with Crippen molar-refractivity contribution in [2.75, 3.05) is 0 Å². The van der Waals surface area contributed by atoms with Crippen LogP contribution in [0, 0.1) is 0 Å². The molecule has 0 spiro atoms. The largest absolute Gasteiger partial charge is 2.00 e. The Morgan fingerprint density at radius 1 is 1.25 bits per heavy atom. The van der Waals surface area contributed by atoms with E-state index in [0.717, 1.165) is 0 Å². The normalized spacial score (nSPS) is 0. The fourth-order valence-electron chi connectivity index (χ4n) is 0. The summed E-state index contributed by atoms with van der Waals surface area (Å²) in [6.07, 6.45) is 0. The summed E-state index contributed by atoms with van der Waals surface area (Å²) >= 11 is 0. The smallest absolute Gasteiger partial charge is 1.00 e. The zero-order chi connectivity index (χ0) is 0. The fraction of sp³-hybridized carbons (Fsp3) is 0. The standard InChI is InChI=1S/Ba.W.Y.Zr.2H/q+2;;;;2*-1. The van der Waals surface area contributed by atoms with Crippen molar-refractivity contribution in [3.8, 4) is 0 Å². The van der Waals surface area contributed by atoms with Gasteiger partial charge in [-0.2, -0.15) is 0 Å². The predicted molar refractivity (Wildman–Crippen MR) is 7.98 cm³/mol. The average molecular weight is 503 g/mol. The summed E-state index contributed by atoms with van der Waals surface area (Å²) in [5, 5.41) is 0. The molecular weight excluding hydrogens is 501 g/mol. The first-order valence-electron chi connectivity index (χ1n) is 0. The van der Waals surface area contributed by atoms with Crippen LogP contribution in [-0.4, -0.2) is 48.9 Å². The SMILES string of the molecule is [Ba+2].[H-].[H-].[W].[Y].[Zr]. The molecule has 0 aromatic heterocycles. The van der Waals surface area contributed by atoms with Crippen molar-refractivity contribution >= 4 is 48.9 Å². The van der Waals surface area contributed by atoms with E-state index >= 15 is 0 Å². The molecule has 0 saturated heterocycles. The molecule has 0 aromatic rings. The van der Waals surface area contributed by atoms with Gasteiger partial charge in [-0.1, -0.05) is 0 Å². The van der Waals surface area contributed by atoms with E-state index in [9.17, 15) is 0 Å². The third kappa shape index (κ3) is 9.54. The maximum Gasteiger partial charge on any atom is 2.00 e. The van der Waals surface area contributed by atoms with Crippen LogP contribution in [0.3, 0.4) is 0 Å². The molecule has 0 amide bonds. The molecule has 0 bridgehead atoms. The summed E-state index contributed by atoms with van der Waals surface area (Å²) < 4.78 is 0. The molecule has 0 aromatic carbocycles. The van der Waals surface area contributed by atoms with Crippen LogP contribution in [0.15, 0.2) is 0 Å². The minimum atomic E-state index is 0. The summed E-state index contributed by atoms with van der Waals surface area (Å²) in [7, 11) is 0. The van der Waals surface area contributed by atoms with E-state index in [2.05, 4.69) is 0 Å². The van der Waals surface area contributed by atoms with E-state index in [-0.39, 0.29) is 132 Å². The quantitative estimate of drug-likeness (QED) is 0.404. The van der Waals surface area contributed by atoms with Gasteiger partial charge >= 0.3 is 48.9 Å². The minimum Gasteiger partial charge on any atom is -1.00 e. The number of hydrogen-bond acceptors (Lipinski definition) is 0. The van der Waals surface area contributed by atoms with Crippen molar-refractivity contribution in [2.45, 2.75) is 0 Å². The molecule has 1 radical (unpaired) electrons. The van der Waals surface area contributed by atoms with Crippen LogP contribution in [0.5, 0.6) is 0 Å². The summed E-state index contributed by atoms with van der Waals surface area (Å²) in [5.74, 6) is 0. The van der Waals surface area contributed by atoms with Crippen molar-refractivity contribution in [1.82, 2.24) is 0 Å². The molecule has 0 aliphatic carbocycles. The molecule has 0 atom stereocenters. The summed E-state index contributed by atoms with van der Waals surface area (Å²) in [5.41, 5.74) is 0. The van der Waals surface area contributed by atoms with Crippen LogP contribution in [0.4, 0.5) is 0 Å². The fourth-order valence-corrected chi connectivity index (χ4v) is 0. The topological polar surface area (TPSA) is 0 Å². The molecule has 17 valence electrons. The molecule has 0 rings (SSSR count). The Hall–Kier alpha value is 4.25. The van der Waals surface area contributed by atoms with E-state index in [4.69, 9.17) is 0 Å². The monoisotopic (exact) mass is 503 g/mol. The van der Waals surface area contributed by atoms with E-state index in [1.54, 1.807) is 0 Å². The van der Waals surface area contributed by atoms with E-state index in [1.807, 2.05) is 0 Å². The summed E-state index contributed by atoms with van der Waals surface area (Å²) in [4.78, 5) is 0. The van der Waals surface area contributed by atoms with Crippen LogP contribution in [-0.2, 0) is 80.0 Å². The van der Waals surface area contributed by atoms with Gasteiger partial charge in [0.1, 0.15) is 0 Å². The maximum atomic E-state index is 0. The van der Waals surface area contributed by atoms with Crippen LogP contribution in [0.1, 0.15) is 2.85 Å². The van der Waals surface area contributed by atoms with Crippen LogP contribution < -0.4 is 0 Å². The van der Waals surface area contributed by atoms with Gasteiger partial charge in [-0.3, -0.25) is 0 Å². The zero-order valence-corrected chi connectivity index (χ0v) is 14.9. The maximum absolute atomic E-state index is 0. The predicted octanol–water partition coefficient (Wildman–Crippen LogP) is -0.163. The molecule has 0 aliphatic heterocycles. The molecule has 0 unspecified atom stereocenters. The summed E-state index contributed by atoms with van der Waals surface area (Å²) in [6.45, 7) is 0. The van der Waals surface area contributed by atoms with Gasteiger partial charge in [-0.15, -0.1) is 0 Å². The minimum absolute atomic E-state index is 0. The molecule has 0 aliphatic rings. The third-order valence-electron chi connectivity index (χ3n) is 0. The molecule has 4 heavy (non-hydrogen) atoms. The van der Waals surface area contributed by atoms with Gasteiger partial charge in [0, 0.05) is 80.0 Å². The Morgan fingerprint density at radius 2 is 1.25 bits per heavy atom. The van der Waals surface area contributed by atoms with Crippen molar-refractivity contribution in [1.29, 1.82) is 0 Å². The van der Waals surface area contributed by atoms with Crippen LogP contribution in [0.2, 0.25) is 0 Å². The van der Waals surface area contributed by atoms with Gasteiger partial charge in [0.2, 0.25) is 0 Å². The van der Waals surface area contributed by atoms with E-state index in [1.165, 1.54) is 0 Å². The first kappa shape index (κ1) is 24.0. The molecule has 0 heterocycles. The third-order valence-corrected chi connectivity index (χ3v) is 0. The summed E-state index contributed by atoms with van der Waals surface area (Å²) in [6, 6.07) is 0. The molecule has 0 N–H and O–H groups in total. The Bertz CT molecular complexity index is 13.5. The number of hydrogen-bond donors (Lipinski definition) is 0.